The molecule has 0 saturated carbocycles. The predicted molar refractivity (Wildman–Crippen MR) is 89.8 cm³/mol. The van der Waals surface area contributed by atoms with Crippen molar-refractivity contribution in [3.8, 4) is 0 Å². The zero-order chi connectivity index (χ0) is 14.8. The predicted octanol–water partition coefficient (Wildman–Crippen LogP) is 5.03. The molecule has 21 heavy (non-hydrogen) atoms. The maximum atomic E-state index is 2.38. The summed E-state index contributed by atoms with van der Waals surface area (Å²) >= 11 is 0. The molecule has 1 nitrogen and oxygen atoms in total. The molecule has 0 N–H and O–H groups in total. The van der Waals surface area contributed by atoms with Gasteiger partial charge in [0.15, 0.2) is 0 Å². The van der Waals surface area contributed by atoms with Crippen molar-refractivity contribution < 1.29 is 0 Å². The summed E-state index contributed by atoms with van der Waals surface area (Å²) in [4.78, 5) is 2.34. The van der Waals surface area contributed by atoms with E-state index in [9.17, 15) is 0 Å². The highest BCUT2D eigenvalue weighted by atomic mass is 15.1. The van der Waals surface area contributed by atoms with Crippen LogP contribution in [-0.2, 0) is 0 Å². The fraction of sp³-hybridized carbons (Fsp3) is 0.300. The van der Waals surface area contributed by atoms with Gasteiger partial charge in [-0.15, -0.1) is 0 Å². The Morgan fingerprint density at radius 1 is 1.10 bits per heavy atom. The average molecular weight is 277 g/mol. The molecule has 1 aliphatic heterocycles. The van der Waals surface area contributed by atoms with Gasteiger partial charge in [-0.1, -0.05) is 55.5 Å². The normalized spacial score (nSPS) is 25.3. The van der Waals surface area contributed by atoms with Crippen LogP contribution < -0.4 is 0 Å². The van der Waals surface area contributed by atoms with E-state index < -0.39 is 0 Å². The number of nitrogens with zero attached hydrogens (tertiary/aromatic N) is 1. The number of allylic oxidation sites excluding steroid dienone is 7. The summed E-state index contributed by atoms with van der Waals surface area (Å²) in [6, 6.07) is 11.0. The molecule has 2 aliphatic rings. The van der Waals surface area contributed by atoms with Crippen molar-refractivity contribution >= 4 is 0 Å². The molecule has 1 heterocycles. The van der Waals surface area contributed by atoms with Gasteiger partial charge in [0.2, 0.25) is 0 Å². The van der Waals surface area contributed by atoms with E-state index in [0.29, 0.717) is 12.0 Å². The monoisotopic (exact) mass is 277 g/mol. The summed E-state index contributed by atoms with van der Waals surface area (Å²) in [5, 5.41) is 0. The molecule has 0 saturated heterocycles. The standard InChI is InChI=1S/C20H23N/c1-15-9-11-17(12-10-15)19-13-16(2)21(3)20(14-19)18-7-5-4-6-8-18/h4-9,11-15,20H,10H2,1-3H3. The summed E-state index contributed by atoms with van der Waals surface area (Å²) in [5.41, 5.74) is 5.37. The molecule has 0 amide bonds. The first-order chi connectivity index (χ1) is 10.1. The van der Waals surface area contributed by atoms with Gasteiger partial charge < -0.3 is 4.90 Å². The van der Waals surface area contributed by atoms with Gasteiger partial charge in [0, 0.05) is 12.7 Å². The number of hydrogen-bond donors (Lipinski definition) is 0. The van der Waals surface area contributed by atoms with Crippen LogP contribution in [0.4, 0.5) is 0 Å². The summed E-state index contributed by atoms with van der Waals surface area (Å²) in [7, 11) is 2.17. The third-order valence-electron chi connectivity index (χ3n) is 4.46. The molecule has 2 atom stereocenters. The summed E-state index contributed by atoms with van der Waals surface area (Å²) < 4.78 is 0. The minimum Gasteiger partial charge on any atom is -0.368 e. The highest BCUT2D eigenvalue weighted by molar-refractivity contribution is 5.51. The Bertz CT molecular complexity index is 631. The molecular formula is C20H23N. The van der Waals surface area contributed by atoms with E-state index in [1.54, 1.807) is 0 Å². The Morgan fingerprint density at radius 3 is 2.52 bits per heavy atom. The number of hydrogen-bond acceptors (Lipinski definition) is 1. The van der Waals surface area contributed by atoms with Crippen molar-refractivity contribution in [3.05, 3.63) is 83.1 Å². The second-order valence-electron chi connectivity index (χ2n) is 6.11. The lowest BCUT2D eigenvalue weighted by Crippen LogP contribution is -2.24. The maximum absolute atomic E-state index is 2.38. The second kappa shape index (κ2) is 5.77. The SMILES string of the molecule is CC1=CC(C2=CCC(C)C=C2)=CC(c2ccccc2)N1C. The van der Waals surface area contributed by atoms with Crippen LogP contribution in [0.15, 0.2) is 77.6 Å². The van der Waals surface area contributed by atoms with Gasteiger partial charge in [0.05, 0.1) is 6.04 Å². The first-order valence-corrected chi connectivity index (χ1v) is 7.72. The van der Waals surface area contributed by atoms with Gasteiger partial charge in [-0.05, 0) is 48.1 Å². The lowest BCUT2D eigenvalue weighted by molar-refractivity contribution is 0.354. The summed E-state index contributed by atoms with van der Waals surface area (Å²) in [6.07, 6.45) is 12.8. The summed E-state index contributed by atoms with van der Waals surface area (Å²) in [6.45, 7) is 4.46. The van der Waals surface area contributed by atoms with Crippen molar-refractivity contribution in [2.24, 2.45) is 5.92 Å². The molecule has 3 rings (SSSR count). The summed E-state index contributed by atoms with van der Waals surface area (Å²) in [5.74, 6) is 0.663. The second-order valence-corrected chi connectivity index (χ2v) is 6.11. The van der Waals surface area contributed by atoms with E-state index in [1.807, 2.05) is 0 Å². The first-order valence-electron chi connectivity index (χ1n) is 7.72. The third-order valence-corrected chi connectivity index (χ3v) is 4.46. The van der Waals surface area contributed by atoms with Crippen molar-refractivity contribution in [1.29, 1.82) is 0 Å². The van der Waals surface area contributed by atoms with E-state index >= 15 is 0 Å². The molecule has 1 aromatic rings. The molecule has 108 valence electrons. The molecule has 1 aromatic carbocycles. The van der Waals surface area contributed by atoms with Gasteiger partial charge in [0.25, 0.3) is 0 Å². The molecular weight excluding hydrogens is 254 g/mol. The largest absolute Gasteiger partial charge is 0.368 e. The van der Waals surface area contributed by atoms with Crippen LogP contribution in [0.25, 0.3) is 0 Å². The molecule has 2 unspecified atom stereocenters. The Labute approximate surface area is 128 Å². The Balaban J connectivity index is 1.96. The lowest BCUT2D eigenvalue weighted by atomic mass is 9.89. The molecule has 0 fully saturated rings. The zero-order valence-corrected chi connectivity index (χ0v) is 13.1. The van der Waals surface area contributed by atoms with E-state index in [-0.39, 0.29) is 0 Å². The van der Waals surface area contributed by atoms with Crippen LogP contribution in [0.3, 0.4) is 0 Å². The molecule has 0 bridgehead atoms. The van der Waals surface area contributed by atoms with Crippen LogP contribution in [0.1, 0.15) is 31.9 Å². The van der Waals surface area contributed by atoms with Crippen LogP contribution >= 0.6 is 0 Å². The molecule has 0 aromatic heterocycles. The lowest BCUT2D eigenvalue weighted by Gasteiger charge is -2.33. The van der Waals surface area contributed by atoms with Gasteiger partial charge in [-0.25, -0.2) is 0 Å². The van der Waals surface area contributed by atoms with Gasteiger partial charge in [0.1, 0.15) is 0 Å². The first kappa shape index (κ1) is 13.9. The average Bonchev–Trinajstić information content (AvgIpc) is 2.51. The smallest absolute Gasteiger partial charge is 0.0729 e. The topological polar surface area (TPSA) is 3.24 Å². The minimum absolute atomic E-state index is 0.319. The Morgan fingerprint density at radius 2 is 1.86 bits per heavy atom. The van der Waals surface area contributed by atoms with Crippen molar-refractivity contribution in [3.63, 3.8) is 0 Å². The number of likely N-dealkylation sites (N-methyl/N-ethyl adjacent to an activating group) is 1. The highest BCUT2D eigenvalue weighted by Gasteiger charge is 2.21. The van der Waals surface area contributed by atoms with Gasteiger partial charge in [-0.3, -0.25) is 0 Å². The van der Waals surface area contributed by atoms with Gasteiger partial charge in [-0.2, -0.15) is 0 Å². The fourth-order valence-corrected chi connectivity index (χ4v) is 2.97. The van der Waals surface area contributed by atoms with Crippen molar-refractivity contribution in [2.75, 3.05) is 7.05 Å². The molecule has 0 spiro atoms. The van der Waals surface area contributed by atoms with E-state index in [4.69, 9.17) is 0 Å². The molecule has 1 aliphatic carbocycles. The highest BCUT2D eigenvalue weighted by Crippen LogP contribution is 2.34. The zero-order valence-electron chi connectivity index (χ0n) is 13.1. The minimum atomic E-state index is 0.319. The van der Waals surface area contributed by atoms with Crippen LogP contribution in [0, 0.1) is 5.92 Å². The van der Waals surface area contributed by atoms with Gasteiger partial charge >= 0.3 is 0 Å². The third kappa shape index (κ3) is 2.87. The van der Waals surface area contributed by atoms with Crippen LogP contribution in [0.5, 0.6) is 0 Å². The van der Waals surface area contributed by atoms with E-state index in [2.05, 4.69) is 86.5 Å². The quantitative estimate of drug-likeness (QED) is 0.733. The fourth-order valence-electron chi connectivity index (χ4n) is 2.97. The maximum Gasteiger partial charge on any atom is 0.0729 e. The number of benzene rings is 1. The van der Waals surface area contributed by atoms with E-state index in [0.717, 1.165) is 6.42 Å². The van der Waals surface area contributed by atoms with E-state index in [1.165, 1.54) is 22.4 Å². The van der Waals surface area contributed by atoms with Crippen molar-refractivity contribution in [2.45, 2.75) is 26.3 Å². The van der Waals surface area contributed by atoms with Crippen LogP contribution in [-0.4, -0.2) is 11.9 Å². The molecule has 1 heteroatoms. The number of rotatable bonds is 2. The Hall–Kier alpha value is -2.02. The Kier molecular flexibility index (Phi) is 3.83. The van der Waals surface area contributed by atoms with Crippen LogP contribution in [0.2, 0.25) is 0 Å². The molecule has 0 radical (unpaired) electrons. The van der Waals surface area contributed by atoms with Crippen molar-refractivity contribution in [1.82, 2.24) is 4.90 Å².